The standard InChI is InChI=1S/C27H40O9/c1-19-20(27(35)36-26(19)34)16-14-12-10-8-6-4-2-3-5-7-9-11-13-15-17-21(24(30)31)22(25(32)33)18-23(28)29/h2-18H2,1H3,(H,28,29)(H,30,31)(H,32,33)/b22-21+. The fourth-order valence-corrected chi connectivity index (χ4v) is 4.36. The Balaban J connectivity index is 2.00. The molecule has 1 rings (SSSR count). The highest BCUT2D eigenvalue weighted by atomic mass is 16.6. The number of carboxylic acid groups (broad SMARTS) is 3. The van der Waals surface area contributed by atoms with Gasteiger partial charge in [-0.25, -0.2) is 19.2 Å². The van der Waals surface area contributed by atoms with Crippen LogP contribution in [0.4, 0.5) is 0 Å². The molecular formula is C27H40O9. The predicted molar refractivity (Wildman–Crippen MR) is 132 cm³/mol. The maximum absolute atomic E-state index is 11.5. The number of esters is 2. The van der Waals surface area contributed by atoms with Crippen LogP contribution in [-0.4, -0.2) is 45.2 Å². The first kappa shape index (κ1) is 31.1. The van der Waals surface area contributed by atoms with Gasteiger partial charge in [0, 0.05) is 16.7 Å². The number of ether oxygens (including phenoxy) is 1. The number of unbranched alkanes of at least 4 members (excludes halogenated alkanes) is 13. The van der Waals surface area contributed by atoms with Gasteiger partial charge in [-0.1, -0.05) is 77.0 Å². The Bertz CT molecular complexity index is 851. The first-order valence-corrected chi connectivity index (χ1v) is 13.0. The Morgan fingerprint density at radius 1 is 0.611 bits per heavy atom. The van der Waals surface area contributed by atoms with Crippen molar-refractivity contribution in [1.82, 2.24) is 0 Å². The maximum Gasteiger partial charge on any atom is 0.342 e. The van der Waals surface area contributed by atoms with Crippen LogP contribution in [0.2, 0.25) is 0 Å². The summed E-state index contributed by atoms with van der Waals surface area (Å²) in [4.78, 5) is 56.2. The van der Waals surface area contributed by atoms with Gasteiger partial charge in [-0.2, -0.15) is 0 Å². The summed E-state index contributed by atoms with van der Waals surface area (Å²) in [5.41, 5.74) is 0.125. The fraction of sp³-hybridized carbons (Fsp3) is 0.667. The molecule has 0 fully saturated rings. The van der Waals surface area contributed by atoms with Crippen molar-refractivity contribution in [3.63, 3.8) is 0 Å². The number of aliphatic carboxylic acids is 3. The average molecular weight is 509 g/mol. The Labute approximate surface area is 212 Å². The van der Waals surface area contributed by atoms with Crippen LogP contribution < -0.4 is 0 Å². The largest absolute Gasteiger partial charge is 0.481 e. The van der Waals surface area contributed by atoms with Crippen LogP contribution >= 0.6 is 0 Å². The van der Waals surface area contributed by atoms with E-state index in [2.05, 4.69) is 4.74 Å². The van der Waals surface area contributed by atoms with Gasteiger partial charge in [0.05, 0.1) is 12.0 Å². The SMILES string of the molecule is CC1=C(CCCCCCCCCCCCCCCC/C(C(=O)O)=C(/CC(=O)O)C(=O)O)C(=O)OC1=O. The summed E-state index contributed by atoms with van der Waals surface area (Å²) in [7, 11) is 0. The monoisotopic (exact) mass is 508 g/mol. The highest BCUT2D eigenvalue weighted by Gasteiger charge is 2.28. The molecule has 0 saturated carbocycles. The number of cyclic esters (lactones) is 2. The van der Waals surface area contributed by atoms with Gasteiger partial charge in [-0.15, -0.1) is 0 Å². The van der Waals surface area contributed by atoms with Crippen LogP contribution in [-0.2, 0) is 28.7 Å². The number of hydrogen-bond acceptors (Lipinski definition) is 6. The van der Waals surface area contributed by atoms with Crippen molar-refractivity contribution >= 4 is 29.8 Å². The second-order valence-electron chi connectivity index (χ2n) is 9.37. The summed E-state index contributed by atoms with van der Waals surface area (Å²) in [6, 6.07) is 0. The van der Waals surface area contributed by atoms with E-state index in [4.69, 9.17) is 10.2 Å². The number of hydrogen-bond donors (Lipinski definition) is 3. The second-order valence-corrected chi connectivity index (χ2v) is 9.37. The molecule has 0 unspecified atom stereocenters. The first-order chi connectivity index (χ1) is 17.1. The maximum atomic E-state index is 11.5. The second kappa shape index (κ2) is 17.5. The quantitative estimate of drug-likeness (QED) is 0.0780. The number of carbonyl (C=O) groups is 5. The van der Waals surface area contributed by atoms with Crippen molar-refractivity contribution in [2.75, 3.05) is 0 Å². The van der Waals surface area contributed by atoms with Gasteiger partial charge in [-0.05, 0) is 32.6 Å². The molecule has 36 heavy (non-hydrogen) atoms. The molecule has 0 aromatic rings. The van der Waals surface area contributed by atoms with E-state index in [9.17, 15) is 29.1 Å². The van der Waals surface area contributed by atoms with Crippen molar-refractivity contribution in [2.24, 2.45) is 0 Å². The first-order valence-electron chi connectivity index (χ1n) is 13.0. The van der Waals surface area contributed by atoms with E-state index in [-0.39, 0.29) is 12.0 Å². The van der Waals surface area contributed by atoms with Crippen LogP contribution in [0.3, 0.4) is 0 Å². The van der Waals surface area contributed by atoms with E-state index in [1.807, 2.05) is 0 Å². The third kappa shape index (κ3) is 12.1. The Hall–Kier alpha value is -2.97. The van der Waals surface area contributed by atoms with Gasteiger partial charge in [0.2, 0.25) is 0 Å². The lowest BCUT2D eigenvalue weighted by Gasteiger charge is -2.07. The molecule has 3 N–H and O–H groups in total. The zero-order chi connectivity index (χ0) is 26.9. The zero-order valence-corrected chi connectivity index (χ0v) is 21.3. The lowest BCUT2D eigenvalue weighted by molar-refractivity contribution is -0.151. The average Bonchev–Trinajstić information content (AvgIpc) is 3.05. The fourth-order valence-electron chi connectivity index (χ4n) is 4.36. The van der Waals surface area contributed by atoms with Crippen LogP contribution in [0.1, 0.15) is 116 Å². The Morgan fingerprint density at radius 2 is 1.03 bits per heavy atom. The van der Waals surface area contributed by atoms with Crippen molar-refractivity contribution < 1.29 is 44.0 Å². The topological polar surface area (TPSA) is 155 Å². The number of rotatable bonds is 21. The predicted octanol–water partition coefficient (Wildman–Crippen LogP) is 5.57. The van der Waals surface area contributed by atoms with Crippen molar-refractivity contribution in [2.45, 2.75) is 116 Å². The molecule has 0 atom stereocenters. The van der Waals surface area contributed by atoms with Gasteiger partial charge < -0.3 is 20.1 Å². The molecule has 9 heteroatoms. The van der Waals surface area contributed by atoms with Gasteiger partial charge >= 0.3 is 29.8 Å². The van der Waals surface area contributed by atoms with Crippen molar-refractivity contribution in [3.8, 4) is 0 Å². The van der Waals surface area contributed by atoms with Crippen LogP contribution in [0.25, 0.3) is 0 Å². The van der Waals surface area contributed by atoms with E-state index in [0.717, 1.165) is 51.4 Å². The summed E-state index contributed by atoms with van der Waals surface area (Å²) in [5.74, 6) is -5.21. The minimum Gasteiger partial charge on any atom is -0.481 e. The van der Waals surface area contributed by atoms with Crippen LogP contribution in [0.5, 0.6) is 0 Å². The van der Waals surface area contributed by atoms with Gasteiger partial charge in [0.15, 0.2) is 0 Å². The van der Waals surface area contributed by atoms with E-state index >= 15 is 0 Å². The van der Waals surface area contributed by atoms with Gasteiger partial charge in [0.25, 0.3) is 0 Å². The van der Waals surface area contributed by atoms with Gasteiger partial charge in [-0.3, -0.25) is 4.79 Å². The smallest absolute Gasteiger partial charge is 0.342 e. The zero-order valence-electron chi connectivity index (χ0n) is 21.3. The molecule has 0 bridgehead atoms. The number of carbonyl (C=O) groups excluding carboxylic acids is 2. The Morgan fingerprint density at radius 3 is 1.39 bits per heavy atom. The van der Waals surface area contributed by atoms with Crippen molar-refractivity contribution in [1.29, 1.82) is 0 Å². The molecule has 0 spiro atoms. The molecule has 1 aliphatic rings. The third-order valence-corrected chi connectivity index (χ3v) is 6.50. The normalized spacial score (nSPS) is 14.1. The molecule has 202 valence electrons. The molecule has 0 saturated heterocycles. The highest BCUT2D eigenvalue weighted by molar-refractivity contribution is 6.12. The third-order valence-electron chi connectivity index (χ3n) is 6.50. The van der Waals surface area contributed by atoms with Crippen LogP contribution in [0, 0.1) is 0 Å². The molecule has 1 aliphatic heterocycles. The van der Waals surface area contributed by atoms with Crippen LogP contribution in [0.15, 0.2) is 22.3 Å². The summed E-state index contributed by atoms with van der Waals surface area (Å²) in [5, 5.41) is 27.2. The Kier molecular flexibility index (Phi) is 15.1. The molecular weight excluding hydrogens is 468 g/mol. The summed E-state index contributed by atoms with van der Waals surface area (Å²) >= 11 is 0. The summed E-state index contributed by atoms with van der Waals surface area (Å²) in [6.07, 6.45) is 14.5. The van der Waals surface area contributed by atoms with E-state index in [1.165, 1.54) is 32.1 Å². The molecule has 0 radical (unpaired) electrons. The molecule has 1 heterocycles. The van der Waals surface area contributed by atoms with Gasteiger partial charge in [0.1, 0.15) is 0 Å². The highest BCUT2D eigenvalue weighted by Crippen LogP contribution is 2.23. The molecule has 0 aromatic carbocycles. The van der Waals surface area contributed by atoms with Crippen molar-refractivity contribution in [3.05, 3.63) is 22.3 Å². The van der Waals surface area contributed by atoms with E-state index < -0.39 is 41.8 Å². The lowest BCUT2D eigenvalue weighted by atomic mass is 9.98. The summed E-state index contributed by atoms with van der Waals surface area (Å²) in [6.45, 7) is 1.64. The minimum atomic E-state index is -1.49. The molecule has 0 aromatic heterocycles. The number of carboxylic acids is 3. The molecule has 0 aliphatic carbocycles. The van der Waals surface area contributed by atoms with E-state index in [1.54, 1.807) is 6.92 Å². The molecule has 0 amide bonds. The molecule has 9 nitrogen and oxygen atoms in total. The van der Waals surface area contributed by atoms with E-state index in [0.29, 0.717) is 24.0 Å². The lowest BCUT2D eigenvalue weighted by Crippen LogP contribution is -2.14. The summed E-state index contributed by atoms with van der Waals surface area (Å²) < 4.78 is 4.60. The minimum absolute atomic E-state index is 0.0635.